The molecule has 3 rings (SSSR count). The zero-order valence-corrected chi connectivity index (χ0v) is 20.8. The van der Waals surface area contributed by atoms with Gasteiger partial charge in [0.1, 0.15) is 6.04 Å². The lowest BCUT2D eigenvalue weighted by atomic mass is 9.86. The van der Waals surface area contributed by atoms with Gasteiger partial charge < -0.3 is 10.2 Å². The average Bonchev–Trinajstić information content (AvgIpc) is 3.30. The van der Waals surface area contributed by atoms with Crippen molar-refractivity contribution in [3.63, 3.8) is 0 Å². The molecule has 0 radical (unpaired) electrons. The number of carbonyl (C=O) groups excluding carboxylic acids is 2. The van der Waals surface area contributed by atoms with Crippen LogP contribution in [0.1, 0.15) is 82.9 Å². The Balaban J connectivity index is 1.71. The Morgan fingerprint density at radius 3 is 2.18 bits per heavy atom. The molecule has 178 valence electrons. The molecule has 2 amide bonds. The van der Waals surface area contributed by atoms with Crippen molar-refractivity contribution in [2.24, 2.45) is 0 Å². The maximum Gasteiger partial charge on any atom is 0.243 e. The molecule has 1 N–H and O–H groups in total. The number of carbonyl (C=O) groups is 2. The van der Waals surface area contributed by atoms with E-state index in [1.165, 1.54) is 18.4 Å². The van der Waals surface area contributed by atoms with Crippen LogP contribution in [0.25, 0.3) is 0 Å². The van der Waals surface area contributed by atoms with Crippen LogP contribution < -0.4 is 5.32 Å². The van der Waals surface area contributed by atoms with E-state index < -0.39 is 6.04 Å². The van der Waals surface area contributed by atoms with Crippen molar-refractivity contribution in [2.45, 2.75) is 96.7 Å². The summed E-state index contributed by atoms with van der Waals surface area (Å²) >= 11 is 0. The van der Waals surface area contributed by atoms with Crippen molar-refractivity contribution in [2.75, 3.05) is 0 Å². The molecule has 4 nitrogen and oxygen atoms in total. The van der Waals surface area contributed by atoms with Gasteiger partial charge in [0, 0.05) is 19.0 Å². The van der Waals surface area contributed by atoms with Gasteiger partial charge in [-0.25, -0.2) is 0 Å². The van der Waals surface area contributed by atoms with Crippen LogP contribution in [0.3, 0.4) is 0 Å². The highest BCUT2D eigenvalue weighted by Gasteiger charge is 2.30. The van der Waals surface area contributed by atoms with Gasteiger partial charge in [0.05, 0.1) is 0 Å². The summed E-state index contributed by atoms with van der Waals surface area (Å²) < 4.78 is 0. The molecule has 4 heteroatoms. The minimum Gasteiger partial charge on any atom is -0.352 e. The molecule has 0 aliphatic heterocycles. The number of amides is 2. The molecule has 1 atom stereocenters. The molecule has 0 bridgehead atoms. The Bertz CT molecular complexity index is 893. The Morgan fingerprint density at radius 2 is 1.61 bits per heavy atom. The second-order valence-electron chi connectivity index (χ2n) is 10.4. The Labute approximate surface area is 199 Å². The van der Waals surface area contributed by atoms with E-state index in [1.54, 1.807) is 4.90 Å². The zero-order valence-electron chi connectivity index (χ0n) is 20.8. The van der Waals surface area contributed by atoms with Crippen LogP contribution in [0.5, 0.6) is 0 Å². The van der Waals surface area contributed by atoms with Gasteiger partial charge in [0.25, 0.3) is 0 Å². The quantitative estimate of drug-likeness (QED) is 0.528. The molecule has 1 saturated carbocycles. The number of hydrogen-bond acceptors (Lipinski definition) is 2. The van der Waals surface area contributed by atoms with E-state index in [4.69, 9.17) is 0 Å². The third-order valence-corrected chi connectivity index (χ3v) is 6.73. The molecule has 0 saturated heterocycles. The van der Waals surface area contributed by atoms with Crippen LogP contribution in [0, 0.1) is 0 Å². The fourth-order valence-corrected chi connectivity index (χ4v) is 4.63. The van der Waals surface area contributed by atoms with E-state index in [-0.39, 0.29) is 23.3 Å². The van der Waals surface area contributed by atoms with Gasteiger partial charge in [0.2, 0.25) is 11.8 Å². The molecule has 2 aromatic rings. The van der Waals surface area contributed by atoms with E-state index in [0.717, 1.165) is 24.0 Å². The third-order valence-electron chi connectivity index (χ3n) is 6.73. The van der Waals surface area contributed by atoms with E-state index >= 15 is 0 Å². The molecule has 0 unspecified atom stereocenters. The smallest absolute Gasteiger partial charge is 0.243 e. The molecule has 0 heterocycles. The Hall–Kier alpha value is -2.62. The highest BCUT2D eigenvalue weighted by Crippen LogP contribution is 2.23. The lowest BCUT2D eigenvalue weighted by Crippen LogP contribution is -2.51. The van der Waals surface area contributed by atoms with Crippen LogP contribution in [-0.2, 0) is 28.0 Å². The lowest BCUT2D eigenvalue weighted by molar-refractivity contribution is -0.141. The van der Waals surface area contributed by atoms with Crippen molar-refractivity contribution in [3.05, 3.63) is 71.3 Å². The third kappa shape index (κ3) is 7.18. The van der Waals surface area contributed by atoms with Crippen LogP contribution in [0.15, 0.2) is 54.6 Å². The maximum absolute atomic E-state index is 13.4. The normalized spacial score (nSPS) is 15.3. The summed E-state index contributed by atoms with van der Waals surface area (Å²) in [4.78, 5) is 28.4. The molecule has 0 spiro atoms. The molecule has 33 heavy (non-hydrogen) atoms. The van der Waals surface area contributed by atoms with Crippen molar-refractivity contribution >= 4 is 11.8 Å². The van der Waals surface area contributed by atoms with Gasteiger partial charge >= 0.3 is 0 Å². The minimum atomic E-state index is -0.443. The highest BCUT2D eigenvalue weighted by atomic mass is 16.2. The van der Waals surface area contributed by atoms with E-state index in [2.05, 4.69) is 50.4 Å². The molecule has 0 aromatic heterocycles. The first-order valence-corrected chi connectivity index (χ1v) is 12.5. The van der Waals surface area contributed by atoms with Crippen LogP contribution in [-0.4, -0.2) is 28.8 Å². The summed E-state index contributed by atoms with van der Waals surface area (Å²) in [7, 11) is 0. The topological polar surface area (TPSA) is 49.4 Å². The predicted molar refractivity (Wildman–Crippen MR) is 135 cm³/mol. The Morgan fingerprint density at radius 1 is 0.970 bits per heavy atom. The largest absolute Gasteiger partial charge is 0.352 e. The van der Waals surface area contributed by atoms with E-state index in [9.17, 15) is 9.59 Å². The predicted octanol–water partition coefficient (Wildman–Crippen LogP) is 5.78. The lowest BCUT2D eigenvalue weighted by Gasteiger charge is -2.31. The van der Waals surface area contributed by atoms with Gasteiger partial charge in [-0.3, -0.25) is 9.59 Å². The SMILES string of the molecule is CC[C@@H](C(=O)NC1CCCC1)N(Cc1ccccc1)C(=O)CCc1ccc(C(C)(C)C)cc1. The van der Waals surface area contributed by atoms with Crippen molar-refractivity contribution in [1.29, 1.82) is 0 Å². The van der Waals surface area contributed by atoms with E-state index in [1.807, 2.05) is 37.3 Å². The molecular weight excluding hydrogens is 408 g/mol. The van der Waals surface area contributed by atoms with Crippen molar-refractivity contribution < 1.29 is 9.59 Å². The van der Waals surface area contributed by atoms with Crippen LogP contribution in [0.4, 0.5) is 0 Å². The first-order valence-electron chi connectivity index (χ1n) is 12.5. The number of hydrogen-bond donors (Lipinski definition) is 1. The number of nitrogens with one attached hydrogen (secondary N) is 1. The maximum atomic E-state index is 13.4. The summed E-state index contributed by atoms with van der Waals surface area (Å²) in [6.45, 7) is 9.06. The second-order valence-corrected chi connectivity index (χ2v) is 10.4. The highest BCUT2D eigenvalue weighted by molar-refractivity contribution is 5.88. The van der Waals surface area contributed by atoms with Crippen LogP contribution in [0.2, 0.25) is 0 Å². The monoisotopic (exact) mass is 448 g/mol. The summed E-state index contributed by atoms with van der Waals surface area (Å²) in [6, 6.07) is 18.3. The van der Waals surface area contributed by atoms with Gasteiger partial charge in [-0.1, -0.05) is 95.1 Å². The fraction of sp³-hybridized carbons (Fsp3) is 0.517. The minimum absolute atomic E-state index is 0.0109. The zero-order chi connectivity index (χ0) is 23.8. The summed E-state index contributed by atoms with van der Waals surface area (Å²) in [5, 5.41) is 3.21. The molecular formula is C29H40N2O2. The number of rotatable bonds is 9. The average molecular weight is 449 g/mol. The summed E-state index contributed by atoms with van der Waals surface area (Å²) in [5.74, 6) is 0.0235. The summed E-state index contributed by atoms with van der Waals surface area (Å²) in [5.41, 5.74) is 3.60. The number of aryl methyl sites for hydroxylation is 1. The molecule has 1 aliphatic carbocycles. The van der Waals surface area contributed by atoms with Gasteiger partial charge in [0.15, 0.2) is 0 Å². The van der Waals surface area contributed by atoms with Gasteiger partial charge in [-0.15, -0.1) is 0 Å². The van der Waals surface area contributed by atoms with Crippen molar-refractivity contribution in [1.82, 2.24) is 10.2 Å². The van der Waals surface area contributed by atoms with Gasteiger partial charge in [-0.2, -0.15) is 0 Å². The summed E-state index contributed by atoms with van der Waals surface area (Å²) in [6.07, 6.45) is 6.10. The molecule has 1 fully saturated rings. The molecule has 2 aromatic carbocycles. The number of benzene rings is 2. The fourth-order valence-electron chi connectivity index (χ4n) is 4.63. The first-order chi connectivity index (χ1) is 15.8. The standard InChI is InChI=1S/C29H40N2O2/c1-5-26(28(33)30-25-13-9-10-14-25)31(21-23-11-7-6-8-12-23)27(32)20-17-22-15-18-24(19-16-22)29(2,3)4/h6-8,11-12,15-16,18-19,25-26H,5,9-10,13-14,17,20-21H2,1-4H3,(H,30,33)/t26-/m0/s1. The number of nitrogens with zero attached hydrogens (tertiary/aromatic N) is 1. The van der Waals surface area contributed by atoms with Gasteiger partial charge in [-0.05, 0) is 47.8 Å². The first kappa shape index (κ1) is 25.0. The van der Waals surface area contributed by atoms with E-state index in [0.29, 0.717) is 25.8 Å². The van der Waals surface area contributed by atoms with Crippen molar-refractivity contribution in [3.8, 4) is 0 Å². The second kappa shape index (κ2) is 11.5. The Kier molecular flexibility index (Phi) is 8.71. The van der Waals surface area contributed by atoms with Crippen LogP contribution >= 0.6 is 0 Å². The molecule has 1 aliphatic rings.